The van der Waals surface area contributed by atoms with Gasteiger partial charge in [0.25, 0.3) is 11.8 Å². The number of hydrogen-bond acceptors (Lipinski definition) is 7. The van der Waals surface area contributed by atoms with Crippen LogP contribution in [0.4, 0.5) is 5.13 Å². The molecular formula is C25H31N5O3S. The van der Waals surface area contributed by atoms with E-state index in [0.29, 0.717) is 43.2 Å². The fourth-order valence-corrected chi connectivity index (χ4v) is 6.39. The number of hydrogen-bond donors (Lipinski definition) is 0. The Bertz CT molecular complexity index is 1050. The number of anilines is 1. The number of imide groups is 1. The van der Waals surface area contributed by atoms with Crippen LogP contribution in [-0.4, -0.2) is 69.9 Å². The second-order valence-corrected chi connectivity index (χ2v) is 10.8. The SMILES string of the molecule is CC(C)C(C(=O)N1CCN(c2nnc(C3CCCCC3)s2)CC1)N1C(=O)c2ccccc2C1=O. The van der Waals surface area contributed by atoms with E-state index in [9.17, 15) is 14.4 Å². The quantitative estimate of drug-likeness (QED) is 0.607. The van der Waals surface area contributed by atoms with Gasteiger partial charge >= 0.3 is 0 Å². The molecule has 1 aromatic carbocycles. The molecular weight excluding hydrogens is 450 g/mol. The van der Waals surface area contributed by atoms with E-state index in [1.54, 1.807) is 40.5 Å². The van der Waals surface area contributed by atoms with E-state index < -0.39 is 6.04 Å². The van der Waals surface area contributed by atoms with Gasteiger partial charge in [-0.05, 0) is 30.9 Å². The fourth-order valence-electron chi connectivity index (χ4n) is 5.33. The van der Waals surface area contributed by atoms with Crippen LogP contribution in [0.2, 0.25) is 0 Å². The van der Waals surface area contributed by atoms with Crippen LogP contribution in [0.1, 0.15) is 77.6 Å². The summed E-state index contributed by atoms with van der Waals surface area (Å²) >= 11 is 1.68. The number of fused-ring (bicyclic) bond motifs is 1. The average Bonchev–Trinajstić information content (AvgIpc) is 3.45. The molecule has 180 valence electrons. The van der Waals surface area contributed by atoms with Gasteiger partial charge in [-0.25, -0.2) is 0 Å². The minimum absolute atomic E-state index is 0.163. The summed E-state index contributed by atoms with van der Waals surface area (Å²) in [6.45, 7) is 6.16. The Labute approximate surface area is 203 Å². The second-order valence-electron chi connectivity index (χ2n) is 9.78. The molecule has 1 saturated heterocycles. The molecule has 1 atom stereocenters. The maximum absolute atomic E-state index is 13.6. The molecule has 0 bridgehead atoms. The van der Waals surface area contributed by atoms with E-state index >= 15 is 0 Å². The normalized spacial score (nSPS) is 20.3. The monoisotopic (exact) mass is 481 g/mol. The first-order valence-corrected chi connectivity index (χ1v) is 13.1. The predicted octanol–water partition coefficient (Wildman–Crippen LogP) is 3.56. The molecule has 1 unspecified atom stereocenters. The first kappa shape index (κ1) is 23.0. The minimum Gasteiger partial charge on any atom is -0.343 e. The summed E-state index contributed by atoms with van der Waals surface area (Å²) in [7, 11) is 0. The van der Waals surface area contributed by atoms with Gasteiger partial charge in [0.1, 0.15) is 11.0 Å². The van der Waals surface area contributed by atoms with Gasteiger partial charge in [-0.3, -0.25) is 19.3 Å². The zero-order valence-electron chi connectivity index (χ0n) is 19.8. The van der Waals surface area contributed by atoms with Crippen molar-refractivity contribution in [2.45, 2.75) is 57.9 Å². The first-order chi connectivity index (χ1) is 16.5. The molecule has 34 heavy (non-hydrogen) atoms. The molecule has 8 nitrogen and oxygen atoms in total. The molecule has 0 N–H and O–H groups in total. The molecule has 2 aromatic rings. The van der Waals surface area contributed by atoms with Gasteiger partial charge in [0.05, 0.1) is 11.1 Å². The highest BCUT2D eigenvalue weighted by atomic mass is 32.1. The lowest BCUT2D eigenvalue weighted by Gasteiger charge is -2.38. The number of benzene rings is 1. The third-order valence-electron chi connectivity index (χ3n) is 7.23. The number of aromatic nitrogens is 2. The Kier molecular flexibility index (Phi) is 6.38. The van der Waals surface area contributed by atoms with Crippen LogP contribution in [0.15, 0.2) is 24.3 Å². The summed E-state index contributed by atoms with van der Waals surface area (Å²) in [5.41, 5.74) is 0.751. The van der Waals surface area contributed by atoms with Crippen LogP contribution in [0.3, 0.4) is 0 Å². The third-order valence-corrected chi connectivity index (χ3v) is 8.38. The van der Waals surface area contributed by atoms with Gasteiger partial charge in [0.15, 0.2) is 0 Å². The summed E-state index contributed by atoms with van der Waals surface area (Å²) in [5.74, 6) is -0.571. The molecule has 1 saturated carbocycles. The van der Waals surface area contributed by atoms with E-state index in [1.807, 2.05) is 13.8 Å². The van der Waals surface area contributed by atoms with Gasteiger partial charge in [0.2, 0.25) is 11.0 Å². The van der Waals surface area contributed by atoms with Gasteiger partial charge in [0, 0.05) is 32.1 Å². The van der Waals surface area contributed by atoms with Crippen molar-refractivity contribution in [1.82, 2.24) is 20.0 Å². The number of piperazine rings is 1. The van der Waals surface area contributed by atoms with Crippen molar-refractivity contribution in [2.75, 3.05) is 31.1 Å². The van der Waals surface area contributed by atoms with Crippen molar-refractivity contribution < 1.29 is 14.4 Å². The zero-order chi connectivity index (χ0) is 23.8. The molecule has 3 amide bonds. The maximum Gasteiger partial charge on any atom is 0.262 e. The van der Waals surface area contributed by atoms with Crippen LogP contribution < -0.4 is 4.90 Å². The highest BCUT2D eigenvalue weighted by molar-refractivity contribution is 7.15. The molecule has 1 aliphatic carbocycles. The highest BCUT2D eigenvalue weighted by Gasteiger charge is 2.45. The lowest BCUT2D eigenvalue weighted by molar-refractivity contribution is -0.137. The zero-order valence-corrected chi connectivity index (χ0v) is 20.6. The Morgan fingerprint density at radius 2 is 1.56 bits per heavy atom. The molecule has 1 aromatic heterocycles. The van der Waals surface area contributed by atoms with Crippen LogP contribution in [0.25, 0.3) is 0 Å². The molecule has 5 rings (SSSR count). The Hall–Kier alpha value is -2.81. The van der Waals surface area contributed by atoms with Crippen molar-refractivity contribution in [3.8, 4) is 0 Å². The Morgan fingerprint density at radius 1 is 0.941 bits per heavy atom. The van der Waals surface area contributed by atoms with E-state index in [1.165, 1.54) is 37.0 Å². The largest absolute Gasteiger partial charge is 0.343 e. The summed E-state index contributed by atoms with van der Waals surface area (Å²) in [4.78, 5) is 44.8. The number of rotatable bonds is 5. The maximum atomic E-state index is 13.6. The average molecular weight is 482 g/mol. The van der Waals surface area contributed by atoms with E-state index in [-0.39, 0.29) is 23.6 Å². The fraction of sp³-hybridized carbons (Fsp3) is 0.560. The molecule has 9 heteroatoms. The smallest absolute Gasteiger partial charge is 0.262 e. The van der Waals surface area contributed by atoms with Gasteiger partial charge in [-0.15, -0.1) is 10.2 Å². The van der Waals surface area contributed by atoms with Gasteiger partial charge < -0.3 is 9.80 Å². The summed E-state index contributed by atoms with van der Waals surface area (Å²) < 4.78 is 0. The molecule has 0 radical (unpaired) electrons. The molecule has 3 heterocycles. The first-order valence-electron chi connectivity index (χ1n) is 12.3. The van der Waals surface area contributed by atoms with Crippen molar-refractivity contribution in [2.24, 2.45) is 5.92 Å². The minimum atomic E-state index is -0.807. The van der Waals surface area contributed by atoms with E-state index in [4.69, 9.17) is 0 Å². The summed E-state index contributed by atoms with van der Waals surface area (Å²) in [6.07, 6.45) is 6.25. The van der Waals surface area contributed by atoms with Crippen LogP contribution in [0, 0.1) is 5.92 Å². The van der Waals surface area contributed by atoms with Crippen molar-refractivity contribution in [1.29, 1.82) is 0 Å². The predicted molar refractivity (Wildman–Crippen MR) is 130 cm³/mol. The van der Waals surface area contributed by atoms with Crippen LogP contribution in [0.5, 0.6) is 0 Å². The third kappa shape index (κ3) is 4.10. The number of carbonyl (C=O) groups excluding carboxylic acids is 3. The number of carbonyl (C=O) groups is 3. The molecule has 0 spiro atoms. The number of nitrogens with zero attached hydrogens (tertiary/aromatic N) is 5. The van der Waals surface area contributed by atoms with Crippen molar-refractivity contribution in [3.63, 3.8) is 0 Å². The van der Waals surface area contributed by atoms with Crippen molar-refractivity contribution in [3.05, 3.63) is 40.4 Å². The van der Waals surface area contributed by atoms with E-state index in [2.05, 4.69) is 15.1 Å². The van der Waals surface area contributed by atoms with E-state index in [0.717, 1.165) is 10.1 Å². The topological polar surface area (TPSA) is 86.7 Å². The molecule has 2 aliphatic heterocycles. The highest BCUT2D eigenvalue weighted by Crippen LogP contribution is 2.36. The second kappa shape index (κ2) is 9.44. The molecule has 2 fully saturated rings. The standard InChI is InChI=1S/C25H31N5O3S/c1-16(2)20(30-22(31)18-10-6-7-11-19(18)23(30)32)24(33)28-12-14-29(15-13-28)25-27-26-21(34-25)17-8-4-3-5-9-17/h6-7,10-11,16-17,20H,3-5,8-9,12-15H2,1-2H3. The van der Waals surface area contributed by atoms with Crippen LogP contribution >= 0.6 is 11.3 Å². The number of amides is 3. The lowest BCUT2D eigenvalue weighted by Crippen LogP contribution is -2.57. The summed E-state index contributed by atoms with van der Waals surface area (Å²) in [6, 6.07) is 5.98. The molecule has 3 aliphatic rings. The Balaban J connectivity index is 1.25. The van der Waals surface area contributed by atoms with Crippen molar-refractivity contribution >= 4 is 34.2 Å². The Morgan fingerprint density at radius 3 is 2.15 bits per heavy atom. The van der Waals surface area contributed by atoms with Gasteiger partial charge in [-0.1, -0.05) is 56.6 Å². The van der Waals surface area contributed by atoms with Gasteiger partial charge in [-0.2, -0.15) is 0 Å². The summed E-state index contributed by atoms with van der Waals surface area (Å²) in [5, 5.41) is 11.0. The van der Waals surface area contributed by atoms with Crippen LogP contribution in [-0.2, 0) is 4.79 Å². The lowest BCUT2D eigenvalue weighted by atomic mass is 9.90.